The van der Waals surface area contributed by atoms with Gasteiger partial charge in [-0.25, -0.2) is 14.2 Å². The number of ether oxygens (including phenoxy) is 1. The minimum absolute atomic E-state index is 0.116. The molecule has 0 saturated heterocycles. The van der Waals surface area contributed by atoms with Gasteiger partial charge in [-0.1, -0.05) is 0 Å². The molecular weight excluding hydrogens is 325 g/mol. The number of halogens is 2. The van der Waals surface area contributed by atoms with Crippen LogP contribution in [0.5, 0.6) is 5.88 Å². The first-order valence-corrected chi connectivity index (χ1v) is 6.86. The van der Waals surface area contributed by atoms with Crippen LogP contribution in [0.3, 0.4) is 0 Å². The number of aromatic amines is 2. The van der Waals surface area contributed by atoms with Gasteiger partial charge in [0.15, 0.2) is 0 Å². The summed E-state index contributed by atoms with van der Waals surface area (Å²) >= 11 is 6.41. The molecule has 0 unspecified atom stereocenters. The maximum absolute atomic E-state index is 13.3. The smallest absolute Gasteiger partial charge is 0.305 e. The highest BCUT2D eigenvalue weighted by molar-refractivity contribution is 6.23. The highest BCUT2D eigenvalue weighted by Gasteiger charge is 2.24. The van der Waals surface area contributed by atoms with Crippen molar-refractivity contribution in [2.24, 2.45) is 0 Å². The molecule has 4 rings (SSSR count). The van der Waals surface area contributed by atoms with E-state index in [1.165, 1.54) is 11.2 Å². The molecule has 0 aliphatic rings. The Morgan fingerprint density at radius 2 is 2.17 bits per heavy atom. The molecule has 0 bridgehead atoms. The molecule has 0 aromatic carbocycles. The number of nitrogens with zero attached hydrogens (tertiary/aromatic N) is 5. The van der Waals surface area contributed by atoms with Crippen LogP contribution in [0.15, 0.2) is 24.5 Å². The fourth-order valence-electron chi connectivity index (χ4n) is 2.43. The van der Waals surface area contributed by atoms with Crippen molar-refractivity contribution in [3.05, 3.63) is 30.6 Å². The molecule has 4 aromatic heterocycles. The van der Waals surface area contributed by atoms with Crippen LogP contribution in [0.1, 0.15) is 0 Å². The lowest BCUT2D eigenvalue weighted by atomic mass is 10.1. The Labute approximate surface area is 133 Å². The van der Waals surface area contributed by atoms with Crippen molar-refractivity contribution >= 4 is 22.8 Å². The topological polar surface area (TPSA) is 97.3 Å². The van der Waals surface area contributed by atoms with Crippen LogP contribution in [0.25, 0.3) is 33.7 Å². The van der Waals surface area contributed by atoms with Gasteiger partial charge in [0.1, 0.15) is 11.2 Å². The van der Waals surface area contributed by atoms with E-state index in [1.54, 1.807) is 24.5 Å². The van der Waals surface area contributed by atoms with Crippen molar-refractivity contribution in [1.29, 1.82) is 0 Å². The monoisotopic (exact) mass is 333 g/mol. The molecule has 4 aromatic rings. The molecule has 0 amide bonds. The molecule has 4 heterocycles. The number of H-pyrrole nitrogens is 2. The fraction of sp³-hybridized carbons (Fsp3) is 0.0769. The lowest BCUT2D eigenvalue weighted by molar-refractivity contribution is 0.399. The molecule has 0 fully saturated rings. The van der Waals surface area contributed by atoms with Crippen LogP contribution in [0, 0.1) is 6.08 Å². The molecule has 23 heavy (non-hydrogen) atoms. The van der Waals surface area contributed by atoms with Gasteiger partial charge in [-0.2, -0.15) is 14.5 Å². The van der Waals surface area contributed by atoms with Crippen LogP contribution < -0.4 is 4.74 Å². The van der Waals surface area contributed by atoms with Crippen molar-refractivity contribution in [3.8, 4) is 28.5 Å². The molecule has 0 saturated carbocycles. The number of fused-ring (bicyclic) bond motifs is 1. The molecule has 0 radical (unpaired) electrons. The van der Waals surface area contributed by atoms with Crippen LogP contribution in [0.2, 0.25) is 0 Å². The normalized spacial score (nSPS) is 11.3. The second-order valence-electron chi connectivity index (χ2n) is 4.66. The van der Waals surface area contributed by atoms with Gasteiger partial charge in [0, 0.05) is 35.2 Å². The number of aromatic nitrogens is 7. The van der Waals surface area contributed by atoms with E-state index in [-0.39, 0.29) is 5.82 Å². The van der Waals surface area contributed by atoms with Crippen LogP contribution in [0.4, 0.5) is 4.39 Å². The molecule has 8 nitrogen and oxygen atoms in total. The Hall–Kier alpha value is -2.94. The highest BCUT2D eigenvalue weighted by atomic mass is 35.5. The number of pyridine rings is 1. The van der Waals surface area contributed by atoms with Crippen LogP contribution in [-0.2, 0) is 0 Å². The Bertz CT molecular complexity index is 992. The zero-order valence-electron chi connectivity index (χ0n) is 11.7. The van der Waals surface area contributed by atoms with Gasteiger partial charge >= 0.3 is 6.08 Å². The van der Waals surface area contributed by atoms with E-state index in [4.69, 9.17) is 16.5 Å². The summed E-state index contributed by atoms with van der Waals surface area (Å²) in [6.45, 7) is 0. The molecule has 116 valence electrons. The van der Waals surface area contributed by atoms with Crippen molar-refractivity contribution in [3.63, 3.8) is 0 Å². The van der Waals surface area contributed by atoms with E-state index in [0.29, 0.717) is 28.2 Å². The average molecular weight is 334 g/mol. The van der Waals surface area contributed by atoms with Crippen molar-refractivity contribution in [1.82, 2.24) is 34.4 Å². The average Bonchev–Trinajstić information content (AvgIpc) is 3.27. The number of nitrogens with one attached hydrogen (secondary N) is 2. The third-order valence-electron chi connectivity index (χ3n) is 3.40. The molecule has 10 heteroatoms. The maximum Gasteiger partial charge on any atom is 0.305 e. The van der Waals surface area contributed by atoms with E-state index >= 15 is 0 Å². The SMILES string of the molecule is COc1ccc2c(n1)c(-c1cn[nH]c1)c(-c1n[nH]c(F)n1)n2Cl. The van der Waals surface area contributed by atoms with Gasteiger partial charge in [-0.05, 0) is 6.07 Å². The molecule has 2 N–H and O–H groups in total. The lowest BCUT2D eigenvalue weighted by Crippen LogP contribution is -1.90. The first-order chi connectivity index (χ1) is 11.2. The van der Waals surface area contributed by atoms with Gasteiger partial charge in [-0.15, -0.1) is 5.10 Å². The standard InChI is InChI=1S/C13H9ClFN7O/c1-23-8-3-2-7-10(18-8)9(6-4-16-17-5-6)11(22(7)14)12-19-13(15)21-20-12/h2-5H,1H3,(H,16,17)(H,19,20,21). The number of rotatable bonds is 3. The second kappa shape index (κ2) is 5.06. The minimum Gasteiger partial charge on any atom is -0.481 e. The first-order valence-electron chi connectivity index (χ1n) is 6.52. The van der Waals surface area contributed by atoms with E-state index in [1.807, 2.05) is 0 Å². The Kier molecular flexibility index (Phi) is 3.01. The number of hydrogen-bond donors (Lipinski definition) is 2. The van der Waals surface area contributed by atoms with E-state index in [2.05, 4.69) is 30.4 Å². The zero-order valence-corrected chi connectivity index (χ0v) is 12.5. The summed E-state index contributed by atoms with van der Waals surface area (Å²) in [6.07, 6.45) is 2.49. The highest BCUT2D eigenvalue weighted by Crippen LogP contribution is 2.39. The summed E-state index contributed by atoms with van der Waals surface area (Å²) in [6, 6.07) is 3.44. The van der Waals surface area contributed by atoms with E-state index in [9.17, 15) is 4.39 Å². The molecule has 0 atom stereocenters. The van der Waals surface area contributed by atoms with Gasteiger partial charge in [0.05, 0.1) is 18.8 Å². The molecule has 0 aliphatic carbocycles. The van der Waals surface area contributed by atoms with Gasteiger partial charge in [0.2, 0.25) is 11.7 Å². The Balaban J connectivity index is 2.12. The maximum atomic E-state index is 13.3. The van der Waals surface area contributed by atoms with E-state index < -0.39 is 6.08 Å². The number of hydrogen-bond acceptors (Lipinski definition) is 5. The quantitative estimate of drug-likeness (QED) is 0.600. The van der Waals surface area contributed by atoms with Gasteiger partial charge in [-0.3, -0.25) is 5.10 Å². The van der Waals surface area contributed by atoms with Gasteiger partial charge in [0.25, 0.3) is 0 Å². The summed E-state index contributed by atoms with van der Waals surface area (Å²) in [5, 5.41) is 12.7. The van der Waals surface area contributed by atoms with Gasteiger partial charge < -0.3 is 4.74 Å². The molecule has 0 spiro atoms. The summed E-state index contributed by atoms with van der Waals surface area (Å²) in [4.78, 5) is 8.16. The van der Waals surface area contributed by atoms with Crippen molar-refractivity contribution < 1.29 is 9.13 Å². The molecule has 0 aliphatic heterocycles. The lowest BCUT2D eigenvalue weighted by Gasteiger charge is -2.00. The van der Waals surface area contributed by atoms with Crippen LogP contribution in [-0.4, -0.2) is 41.6 Å². The first kappa shape index (κ1) is 13.7. The third kappa shape index (κ3) is 2.05. The largest absolute Gasteiger partial charge is 0.481 e. The zero-order chi connectivity index (χ0) is 16.0. The minimum atomic E-state index is -0.800. The fourth-order valence-corrected chi connectivity index (χ4v) is 2.73. The third-order valence-corrected chi connectivity index (χ3v) is 3.75. The predicted molar refractivity (Wildman–Crippen MR) is 80.5 cm³/mol. The predicted octanol–water partition coefficient (Wildman–Crippen LogP) is 2.36. The van der Waals surface area contributed by atoms with Crippen molar-refractivity contribution in [2.45, 2.75) is 0 Å². The summed E-state index contributed by atoms with van der Waals surface area (Å²) in [5.41, 5.74) is 2.94. The van der Waals surface area contributed by atoms with E-state index in [0.717, 1.165) is 5.56 Å². The van der Waals surface area contributed by atoms with Crippen molar-refractivity contribution in [2.75, 3.05) is 7.11 Å². The Morgan fingerprint density at radius 1 is 1.30 bits per heavy atom. The summed E-state index contributed by atoms with van der Waals surface area (Å²) < 4.78 is 19.8. The summed E-state index contributed by atoms with van der Waals surface area (Å²) in [5.74, 6) is 0.544. The number of methoxy groups -OCH3 is 1. The summed E-state index contributed by atoms with van der Waals surface area (Å²) in [7, 11) is 1.52. The van der Waals surface area contributed by atoms with Crippen LogP contribution >= 0.6 is 11.8 Å². The second-order valence-corrected chi connectivity index (χ2v) is 5.00. The molecular formula is C13H9ClFN7O. The Morgan fingerprint density at radius 3 is 2.83 bits per heavy atom.